The molecule has 2 amide bonds. The quantitative estimate of drug-likeness (QED) is 0.745. The molecule has 2 saturated heterocycles. The maximum absolute atomic E-state index is 12.6. The number of nitrogens with zero attached hydrogens (tertiary/aromatic N) is 3. The van der Waals surface area contributed by atoms with Crippen LogP contribution in [0, 0.1) is 5.92 Å². The third-order valence-electron chi connectivity index (χ3n) is 5.86. The molecule has 6 nitrogen and oxygen atoms in total. The number of carbonyl (C=O) groups excluding carboxylic acids is 2. The van der Waals surface area contributed by atoms with Crippen molar-refractivity contribution in [1.82, 2.24) is 14.8 Å². The van der Waals surface area contributed by atoms with E-state index in [1.165, 1.54) is 0 Å². The average molecular weight is 416 g/mol. The van der Waals surface area contributed by atoms with Crippen molar-refractivity contribution in [2.24, 2.45) is 5.92 Å². The van der Waals surface area contributed by atoms with Crippen molar-refractivity contribution in [3.63, 3.8) is 0 Å². The van der Waals surface area contributed by atoms with E-state index in [0.717, 1.165) is 44.3 Å². The number of likely N-dealkylation sites (tertiary alicyclic amines) is 2. The van der Waals surface area contributed by atoms with Crippen LogP contribution in [0.4, 0.5) is 0 Å². The second-order valence-electron chi connectivity index (χ2n) is 7.79. The van der Waals surface area contributed by atoms with Crippen molar-refractivity contribution in [3.8, 4) is 11.3 Å². The van der Waals surface area contributed by atoms with Gasteiger partial charge in [-0.2, -0.15) is 0 Å². The van der Waals surface area contributed by atoms with Crippen molar-refractivity contribution in [3.05, 3.63) is 41.4 Å². The Morgan fingerprint density at radius 3 is 2.52 bits per heavy atom. The van der Waals surface area contributed by atoms with Gasteiger partial charge in [0.1, 0.15) is 0 Å². The third-order valence-corrected chi connectivity index (χ3v) is 6.19. The first kappa shape index (κ1) is 20.0. The molecule has 0 radical (unpaired) electrons. The van der Waals surface area contributed by atoms with Gasteiger partial charge in [-0.1, -0.05) is 23.7 Å². The van der Waals surface area contributed by atoms with Gasteiger partial charge in [-0.25, -0.2) is 4.98 Å². The van der Waals surface area contributed by atoms with Gasteiger partial charge < -0.3 is 14.2 Å². The summed E-state index contributed by atoms with van der Waals surface area (Å²) < 4.78 is 5.78. The van der Waals surface area contributed by atoms with Gasteiger partial charge in [-0.05, 0) is 37.8 Å². The molecule has 2 aliphatic rings. The molecule has 2 aromatic rings. The third kappa shape index (κ3) is 4.64. The summed E-state index contributed by atoms with van der Waals surface area (Å²) in [4.78, 5) is 33.2. The fraction of sp³-hybridized carbons (Fsp3) is 0.500. The number of aryl methyl sites for hydroxylation is 1. The fourth-order valence-corrected chi connectivity index (χ4v) is 4.38. The molecule has 29 heavy (non-hydrogen) atoms. The molecule has 0 atom stereocenters. The molecule has 0 bridgehead atoms. The lowest BCUT2D eigenvalue weighted by Crippen LogP contribution is -2.43. The fourth-order valence-electron chi connectivity index (χ4n) is 4.15. The summed E-state index contributed by atoms with van der Waals surface area (Å²) in [6.07, 6.45) is 6.21. The van der Waals surface area contributed by atoms with E-state index in [1.807, 2.05) is 28.0 Å². The van der Waals surface area contributed by atoms with E-state index in [-0.39, 0.29) is 17.7 Å². The summed E-state index contributed by atoms with van der Waals surface area (Å²) in [5.74, 6) is 1.59. The number of piperidine rings is 1. The van der Waals surface area contributed by atoms with Gasteiger partial charge in [0.15, 0.2) is 11.7 Å². The lowest BCUT2D eigenvalue weighted by atomic mass is 9.95. The summed E-state index contributed by atoms with van der Waals surface area (Å²) in [5.41, 5.74) is 0.795. The number of benzene rings is 1. The van der Waals surface area contributed by atoms with Crippen molar-refractivity contribution < 1.29 is 14.0 Å². The Morgan fingerprint density at radius 2 is 1.79 bits per heavy atom. The summed E-state index contributed by atoms with van der Waals surface area (Å²) >= 11 is 6.20. The Balaban J connectivity index is 1.25. The standard InChI is InChI=1S/C22H26ClN3O3/c23-18-6-2-1-5-17(18)19-15-24-20(29-19)7-8-21(27)25-13-9-16(10-14-25)22(28)26-11-3-4-12-26/h1-2,5-6,15-16H,3-4,7-14H2. The van der Waals surface area contributed by atoms with Crippen LogP contribution in [0.3, 0.4) is 0 Å². The van der Waals surface area contributed by atoms with Gasteiger partial charge in [0.2, 0.25) is 11.8 Å². The van der Waals surface area contributed by atoms with E-state index >= 15 is 0 Å². The second kappa shape index (κ2) is 8.99. The van der Waals surface area contributed by atoms with E-state index in [9.17, 15) is 9.59 Å². The highest BCUT2D eigenvalue weighted by Gasteiger charge is 2.31. The van der Waals surface area contributed by atoms with Crippen molar-refractivity contribution in [2.75, 3.05) is 26.2 Å². The molecule has 1 aromatic carbocycles. The first-order valence-electron chi connectivity index (χ1n) is 10.4. The van der Waals surface area contributed by atoms with E-state index in [4.69, 9.17) is 16.0 Å². The van der Waals surface area contributed by atoms with Crippen molar-refractivity contribution in [2.45, 2.75) is 38.5 Å². The Hall–Kier alpha value is -2.34. The van der Waals surface area contributed by atoms with Crippen LogP contribution in [0.1, 0.15) is 38.0 Å². The van der Waals surface area contributed by atoms with Crippen LogP contribution in [0.25, 0.3) is 11.3 Å². The zero-order chi connectivity index (χ0) is 20.2. The number of halogens is 1. The normalized spacial score (nSPS) is 17.7. The van der Waals surface area contributed by atoms with Gasteiger partial charge in [-0.15, -0.1) is 0 Å². The van der Waals surface area contributed by atoms with E-state index in [1.54, 1.807) is 12.3 Å². The number of carbonyl (C=O) groups is 2. The van der Waals surface area contributed by atoms with Crippen LogP contribution in [-0.4, -0.2) is 52.8 Å². The SMILES string of the molecule is O=C(CCc1ncc(-c2ccccc2Cl)o1)N1CCC(C(=O)N2CCCC2)CC1. The first-order valence-corrected chi connectivity index (χ1v) is 10.8. The molecule has 2 aliphatic heterocycles. The summed E-state index contributed by atoms with van der Waals surface area (Å²) in [5, 5.41) is 0.609. The smallest absolute Gasteiger partial charge is 0.225 e. The minimum absolute atomic E-state index is 0.0714. The molecule has 0 aliphatic carbocycles. The van der Waals surface area contributed by atoms with Crippen LogP contribution in [0.2, 0.25) is 5.02 Å². The molecule has 1 aromatic heterocycles. The molecule has 0 saturated carbocycles. The summed E-state index contributed by atoms with van der Waals surface area (Å²) in [7, 11) is 0. The molecule has 0 N–H and O–H groups in total. The zero-order valence-corrected chi connectivity index (χ0v) is 17.2. The molecule has 3 heterocycles. The van der Waals surface area contributed by atoms with Gasteiger partial charge in [0.25, 0.3) is 0 Å². The maximum atomic E-state index is 12.6. The zero-order valence-electron chi connectivity index (χ0n) is 16.5. The van der Waals surface area contributed by atoms with Crippen molar-refractivity contribution >= 4 is 23.4 Å². The Kier molecular flexibility index (Phi) is 6.19. The lowest BCUT2D eigenvalue weighted by molar-refractivity contribution is -0.140. The molecular formula is C22H26ClN3O3. The average Bonchev–Trinajstić information content (AvgIpc) is 3.44. The Labute approximate surface area is 175 Å². The Bertz CT molecular complexity index is 868. The molecule has 0 spiro atoms. The summed E-state index contributed by atoms with van der Waals surface area (Å²) in [6, 6.07) is 7.45. The van der Waals surface area contributed by atoms with Gasteiger partial charge in [0.05, 0.1) is 11.2 Å². The molecular weight excluding hydrogens is 390 g/mol. The largest absolute Gasteiger partial charge is 0.441 e. The molecule has 7 heteroatoms. The number of aromatic nitrogens is 1. The number of rotatable bonds is 5. The van der Waals surface area contributed by atoms with E-state index < -0.39 is 0 Å². The molecule has 2 fully saturated rings. The molecule has 154 valence electrons. The Morgan fingerprint density at radius 1 is 1.07 bits per heavy atom. The first-order chi connectivity index (χ1) is 14.1. The topological polar surface area (TPSA) is 66.7 Å². The van der Waals surface area contributed by atoms with E-state index in [2.05, 4.69) is 4.98 Å². The monoisotopic (exact) mass is 415 g/mol. The highest BCUT2D eigenvalue weighted by atomic mass is 35.5. The van der Waals surface area contributed by atoms with Crippen LogP contribution in [0.15, 0.2) is 34.9 Å². The van der Waals surface area contributed by atoms with Crippen LogP contribution < -0.4 is 0 Å². The van der Waals surface area contributed by atoms with E-state index in [0.29, 0.717) is 42.6 Å². The number of hydrogen-bond acceptors (Lipinski definition) is 4. The highest BCUT2D eigenvalue weighted by Crippen LogP contribution is 2.28. The minimum Gasteiger partial charge on any atom is -0.441 e. The second-order valence-corrected chi connectivity index (χ2v) is 8.19. The number of hydrogen-bond donors (Lipinski definition) is 0. The van der Waals surface area contributed by atoms with Gasteiger partial charge in [0, 0.05) is 50.5 Å². The van der Waals surface area contributed by atoms with Crippen molar-refractivity contribution in [1.29, 1.82) is 0 Å². The van der Waals surface area contributed by atoms with Gasteiger partial charge >= 0.3 is 0 Å². The number of oxazole rings is 1. The minimum atomic E-state index is 0.0714. The summed E-state index contributed by atoms with van der Waals surface area (Å²) in [6.45, 7) is 3.09. The maximum Gasteiger partial charge on any atom is 0.225 e. The predicted molar refractivity (Wildman–Crippen MR) is 110 cm³/mol. The lowest BCUT2D eigenvalue weighted by Gasteiger charge is -2.33. The highest BCUT2D eigenvalue weighted by molar-refractivity contribution is 6.33. The van der Waals surface area contributed by atoms with Crippen LogP contribution >= 0.6 is 11.6 Å². The molecule has 0 unspecified atom stereocenters. The number of amides is 2. The van der Waals surface area contributed by atoms with Crippen LogP contribution in [0.5, 0.6) is 0 Å². The predicted octanol–water partition coefficient (Wildman–Crippen LogP) is 3.79. The van der Waals surface area contributed by atoms with Gasteiger partial charge in [-0.3, -0.25) is 9.59 Å². The molecule has 4 rings (SSSR count). The van der Waals surface area contributed by atoms with Crippen LogP contribution in [-0.2, 0) is 16.0 Å².